The van der Waals surface area contributed by atoms with Crippen molar-refractivity contribution in [2.75, 3.05) is 0 Å². The summed E-state index contributed by atoms with van der Waals surface area (Å²) < 4.78 is 7.11. The highest BCUT2D eigenvalue weighted by atomic mass is 16.4. The Morgan fingerprint density at radius 3 is 2.73 bits per heavy atom. The van der Waals surface area contributed by atoms with E-state index in [2.05, 4.69) is 22.1 Å². The molecule has 108 valence electrons. The number of fused-ring (bicyclic) bond motifs is 1. The fraction of sp³-hybridized carbons (Fsp3) is 0.0588. The van der Waals surface area contributed by atoms with Crippen molar-refractivity contribution in [3.05, 3.63) is 88.9 Å². The first-order chi connectivity index (χ1) is 10.8. The zero-order chi connectivity index (χ0) is 14.9. The van der Waals surface area contributed by atoms with Gasteiger partial charge < -0.3 is 8.98 Å². The molecule has 4 rings (SSSR count). The second kappa shape index (κ2) is 5.04. The molecule has 2 aromatic heterocycles. The van der Waals surface area contributed by atoms with Crippen LogP contribution in [0.5, 0.6) is 0 Å². The molecule has 0 saturated carbocycles. The van der Waals surface area contributed by atoms with Crippen molar-refractivity contribution in [1.82, 2.24) is 14.5 Å². The lowest BCUT2D eigenvalue weighted by Crippen LogP contribution is -2.10. The average molecular weight is 291 g/mol. The Balaban J connectivity index is 1.90. The molecule has 1 unspecified atom stereocenters. The van der Waals surface area contributed by atoms with Gasteiger partial charge in [-0.15, -0.1) is 0 Å². The molecule has 0 spiro atoms. The summed E-state index contributed by atoms with van der Waals surface area (Å²) in [5.41, 5.74) is 3.45. The van der Waals surface area contributed by atoms with Crippen molar-refractivity contribution in [2.45, 2.75) is 6.04 Å². The molecule has 4 aromatic rings. The Bertz CT molecular complexity index is 952. The lowest BCUT2D eigenvalue weighted by molar-refractivity contribution is 0.555. The molecule has 2 heterocycles. The molecule has 5 heteroatoms. The normalized spacial score (nSPS) is 12.5. The summed E-state index contributed by atoms with van der Waals surface area (Å²) >= 11 is 0. The third kappa shape index (κ3) is 2.13. The van der Waals surface area contributed by atoms with Crippen molar-refractivity contribution < 1.29 is 4.42 Å². The number of benzene rings is 2. The van der Waals surface area contributed by atoms with Gasteiger partial charge in [-0.2, -0.15) is 0 Å². The van der Waals surface area contributed by atoms with Gasteiger partial charge in [-0.1, -0.05) is 36.4 Å². The topological polar surface area (TPSA) is 63.8 Å². The monoisotopic (exact) mass is 291 g/mol. The van der Waals surface area contributed by atoms with Crippen molar-refractivity contribution >= 4 is 11.1 Å². The van der Waals surface area contributed by atoms with Crippen LogP contribution in [0.25, 0.3) is 11.1 Å². The second-order valence-corrected chi connectivity index (χ2v) is 5.09. The highest BCUT2D eigenvalue weighted by Crippen LogP contribution is 2.28. The lowest BCUT2D eigenvalue weighted by Gasteiger charge is -2.19. The SMILES string of the molecule is O=c1[nH]c2cc(C(c3ccccc3)n3ccnc3)ccc2o1. The Morgan fingerprint density at radius 2 is 1.95 bits per heavy atom. The fourth-order valence-corrected chi connectivity index (χ4v) is 2.73. The van der Waals surface area contributed by atoms with E-state index in [0.717, 1.165) is 11.1 Å². The quantitative estimate of drug-likeness (QED) is 0.631. The van der Waals surface area contributed by atoms with Gasteiger partial charge in [-0.05, 0) is 23.3 Å². The summed E-state index contributed by atoms with van der Waals surface area (Å²) in [6.45, 7) is 0. The number of H-pyrrole nitrogens is 1. The smallest absolute Gasteiger partial charge is 0.408 e. The number of nitrogens with one attached hydrogen (secondary N) is 1. The van der Waals surface area contributed by atoms with Crippen LogP contribution in [0.1, 0.15) is 17.2 Å². The highest BCUT2D eigenvalue weighted by Gasteiger charge is 2.16. The van der Waals surface area contributed by atoms with E-state index in [1.807, 2.05) is 47.2 Å². The number of aromatic nitrogens is 3. The molecule has 0 saturated heterocycles. The summed E-state index contributed by atoms with van der Waals surface area (Å²) in [4.78, 5) is 18.2. The first-order valence-corrected chi connectivity index (χ1v) is 6.96. The van der Waals surface area contributed by atoms with Gasteiger partial charge in [0.05, 0.1) is 17.9 Å². The minimum atomic E-state index is -0.439. The Hall–Kier alpha value is -3.08. The summed E-state index contributed by atoms with van der Waals surface area (Å²) in [5, 5.41) is 0. The average Bonchev–Trinajstić information content (AvgIpc) is 3.17. The molecule has 0 aliphatic carbocycles. The van der Waals surface area contributed by atoms with Crippen LogP contribution >= 0.6 is 0 Å². The zero-order valence-corrected chi connectivity index (χ0v) is 11.6. The summed E-state index contributed by atoms with van der Waals surface area (Å²) in [7, 11) is 0. The van der Waals surface area contributed by atoms with E-state index in [0.29, 0.717) is 11.1 Å². The molecule has 0 fully saturated rings. The van der Waals surface area contributed by atoms with Crippen molar-refractivity contribution in [2.24, 2.45) is 0 Å². The van der Waals surface area contributed by atoms with Gasteiger partial charge in [-0.3, -0.25) is 4.98 Å². The maximum atomic E-state index is 11.3. The molecule has 22 heavy (non-hydrogen) atoms. The molecule has 1 atom stereocenters. The minimum absolute atomic E-state index is 0.00787. The Labute approximate surface area is 125 Å². The molecular formula is C17H13N3O2. The first-order valence-electron chi connectivity index (χ1n) is 6.96. The van der Waals surface area contributed by atoms with Crippen LogP contribution in [0.15, 0.2) is 76.5 Å². The number of hydrogen-bond acceptors (Lipinski definition) is 3. The third-order valence-corrected chi connectivity index (χ3v) is 3.70. The van der Waals surface area contributed by atoms with Gasteiger partial charge in [0.15, 0.2) is 5.58 Å². The summed E-state index contributed by atoms with van der Waals surface area (Å²) in [6, 6.07) is 15.9. The van der Waals surface area contributed by atoms with Gasteiger partial charge in [0.25, 0.3) is 0 Å². The first kappa shape index (κ1) is 12.6. The van der Waals surface area contributed by atoms with E-state index < -0.39 is 5.76 Å². The van der Waals surface area contributed by atoms with Crippen molar-refractivity contribution in [3.8, 4) is 0 Å². The standard InChI is InChI=1S/C17H13N3O2/c21-17-19-14-10-13(6-7-15(14)22-17)16(20-9-8-18-11-20)12-4-2-1-3-5-12/h1-11,16H,(H,19,21). The minimum Gasteiger partial charge on any atom is -0.408 e. The van der Waals surface area contributed by atoms with Gasteiger partial charge in [-0.25, -0.2) is 9.78 Å². The highest BCUT2D eigenvalue weighted by molar-refractivity contribution is 5.73. The van der Waals surface area contributed by atoms with Gasteiger partial charge in [0, 0.05) is 12.4 Å². The number of hydrogen-bond donors (Lipinski definition) is 1. The summed E-state index contributed by atoms with van der Waals surface area (Å²) in [6.07, 6.45) is 5.48. The van der Waals surface area contributed by atoms with Gasteiger partial charge >= 0.3 is 5.76 Å². The largest absolute Gasteiger partial charge is 0.417 e. The van der Waals surface area contributed by atoms with Crippen LogP contribution < -0.4 is 5.76 Å². The van der Waals surface area contributed by atoms with Crippen LogP contribution in [0.2, 0.25) is 0 Å². The number of imidazole rings is 1. The van der Waals surface area contributed by atoms with E-state index in [1.165, 1.54) is 0 Å². The third-order valence-electron chi connectivity index (χ3n) is 3.70. The van der Waals surface area contributed by atoms with Gasteiger partial charge in [0.1, 0.15) is 0 Å². The lowest BCUT2D eigenvalue weighted by atomic mass is 9.98. The molecule has 0 aliphatic heterocycles. The molecule has 5 nitrogen and oxygen atoms in total. The van der Waals surface area contributed by atoms with E-state index in [4.69, 9.17) is 4.42 Å². The van der Waals surface area contributed by atoms with Crippen LogP contribution in [0.4, 0.5) is 0 Å². The molecule has 1 N–H and O–H groups in total. The molecular weight excluding hydrogens is 278 g/mol. The fourth-order valence-electron chi connectivity index (χ4n) is 2.73. The Morgan fingerprint density at radius 1 is 1.09 bits per heavy atom. The Kier molecular flexibility index (Phi) is 2.89. The number of rotatable bonds is 3. The summed E-state index contributed by atoms with van der Waals surface area (Å²) in [5.74, 6) is -0.439. The predicted octanol–water partition coefficient (Wildman–Crippen LogP) is 2.96. The molecule has 2 aromatic carbocycles. The van der Waals surface area contributed by atoms with Crippen molar-refractivity contribution in [3.63, 3.8) is 0 Å². The van der Waals surface area contributed by atoms with Crippen LogP contribution in [-0.4, -0.2) is 14.5 Å². The van der Waals surface area contributed by atoms with Crippen LogP contribution in [0, 0.1) is 0 Å². The number of aromatic amines is 1. The maximum Gasteiger partial charge on any atom is 0.417 e. The van der Waals surface area contributed by atoms with Gasteiger partial charge in [0.2, 0.25) is 0 Å². The van der Waals surface area contributed by atoms with E-state index in [1.54, 1.807) is 12.5 Å². The second-order valence-electron chi connectivity index (χ2n) is 5.09. The molecule has 0 aliphatic rings. The van der Waals surface area contributed by atoms with Crippen LogP contribution in [-0.2, 0) is 0 Å². The molecule has 0 bridgehead atoms. The zero-order valence-electron chi connectivity index (χ0n) is 11.6. The predicted molar refractivity (Wildman–Crippen MR) is 82.7 cm³/mol. The number of oxazole rings is 1. The number of nitrogens with zero attached hydrogens (tertiary/aromatic N) is 2. The maximum absolute atomic E-state index is 11.3. The van der Waals surface area contributed by atoms with E-state index >= 15 is 0 Å². The van der Waals surface area contributed by atoms with E-state index in [-0.39, 0.29) is 6.04 Å². The van der Waals surface area contributed by atoms with Crippen molar-refractivity contribution in [1.29, 1.82) is 0 Å². The molecule has 0 amide bonds. The van der Waals surface area contributed by atoms with E-state index in [9.17, 15) is 4.79 Å². The van der Waals surface area contributed by atoms with Crippen LogP contribution in [0.3, 0.4) is 0 Å². The molecule has 0 radical (unpaired) electrons.